The smallest absolute Gasteiger partial charge is 0.416 e. The summed E-state index contributed by atoms with van der Waals surface area (Å²) in [7, 11) is 1.55. The lowest BCUT2D eigenvalue weighted by Crippen LogP contribution is -2.05. The summed E-state index contributed by atoms with van der Waals surface area (Å²) in [5.41, 5.74) is 0.548. The summed E-state index contributed by atoms with van der Waals surface area (Å²) in [6, 6.07) is 15.1. The Balaban J connectivity index is 1.79. The summed E-state index contributed by atoms with van der Waals surface area (Å²) in [5.74, 6) is 1.09. The van der Waals surface area contributed by atoms with E-state index in [0.717, 1.165) is 12.1 Å². The number of hydrogen-bond acceptors (Lipinski definition) is 5. The van der Waals surface area contributed by atoms with E-state index in [1.54, 1.807) is 60.5 Å². The summed E-state index contributed by atoms with van der Waals surface area (Å²) in [6.45, 7) is 0. The maximum Gasteiger partial charge on any atom is 0.416 e. The Morgan fingerprint density at radius 1 is 0.867 bits per heavy atom. The first-order chi connectivity index (χ1) is 14.5. The highest BCUT2D eigenvalue weighted by molar-refractivity contribution is 5.59. The molecular weight excluding hydrogens is 397 g/mol. The molecule has 0 fully saturated rings. The molecule has 0 aliphatic rings. The Labute approximate surface area is 169 Å². The van der Waals surface area contributed by atoms with Gasteiger partial charge in [0.2, 0.25) is 0 Å². The maximum absolute atomic E-state index is 13.0. The van der Waals surface area contributed by atoms with Crippen molar-refractivity contribution < 1.29 is 22.6 Å². The minimum atomic E-state index is -4.48. The highest BCUT2D eigenvalue weighted by Gasteiger charge is 2.31. The van der Waals surface area contributed by atoms with E-state index in [9.17, 15) is 13.2 Å². The van der Waals surface area contributed by atoms with Crippen LogP contribution >= 0.6 is 0 Å². The van der Waals surface area contributed by atoms with Crippen LogP contribution in [-0.2, 0) is 6.18 Å². The minimum Gasteiger partial charge on any atom is -0.497 e. The molecule has 4 aromatic rings. The highest BCUT2D eigenvalue weighted by Crippen LogP contribution is 2.34. The van der Waals surface area contributed by atoms with Gasteiger partial charge in [-0.15, -0.1) is 5.10 Å². The first kappa shape index (κ1) is 19.4. The number of aromatic nitrogens is 4. The van der Waals surface area contributed by atoms with Gasteiger partial charge in [-0.05, 0) is 54.6 Å². The standard InChI is InChI=1S/C21H15F3N4O2/c1-29-17-7-5-16(6-8-17)28-19(14-9-11-25-12-10-14)26-27-20(28)30-18-4-2-3-15(13-18)21(22,23)24/h2-13H,1H3. The number of benzene rings is 2. The molecule has 0 aliphatic carbocycles. The van der Waals surface area contributed by atoms with Crippen LogP contribution in [0.1, 0.15) is 5.56 Å². The third-order valence-electron chi connectivity index (χ3n) is 4.27. The van der Waals surface area contributed by atoms with Crippen LogP contribution in [-0.4, -0.2) is 26.9 Å². The van der Waals surface area contributed by atoms with Crippen molar-refractivity contribution in [3.63, 3.8) is 0 Å². The molecule has 2 heterocycles. The summed E-state index contributed by atoms with van der Waals surface area (Å²) in [4.78, 5) is 3.99. The summed E-state index contributed by atoms with van der Waals surface area (Å²) in [6.07, 6.45) is -1.27. The molecule has 0 aliphatic heterocycles. The van der Waals surface area contributed by atoms with Crippen LogP contribution < -0.4 is 9.47 Å². The van der Waals surface area contributed by atoms with Crippen LogP contribution in [0.2, 0.25) is 0 Å². The van der Waals surface area contributed by atoms with Gasteiger partial charge in [-0.3, -0.25) is 4.98 Å². The minimum absolute atomic E-state index is 0.00624. The average Bonchev–Trinajstić information content (AvgIpc) is 3.17. The molecule has 0 saturated carbocycles. The van der Waals surface area contributed by atoms with E-state index in [1.807, 2.05) is 0 Å². The first-order valence-electron chi connectivity index (χ1n) is 8.81. The SMILES string of the molecule is COc1ccc(-n2c(Oc3cccc(C(F)(F)F)c3)nnc2-c2ccncc2)cc1. The van der Waals surface area contributed by atoms with Gasteiger partial charge in [-0.1, -0.05) is 11.2 Å². The van der Waals surface area contributed by atoms with Crippen LogP contribution in [0.3, 0.4) is 0 Å². The zero-order valence-electron chi connectivity index (χ0n) is 15.7. The fourth-order valence-corrected chi connectivity index (χ4v) is 2.83. The predicted molar refractivity (Wildman–Crippen MR) is 103 cm³/mol. The highest BCUT2D eigenvalue weighted by atomic mass is 19.4. The van der Waals surface area contributed by atoms with Crippen LogP contribution in [0, 0.1) is 0 Å². The molecule has 0 unspecified atom stereocenters. The van der Waals surface area contributed by atoms with Crippen molar-refractivity contribution in [2.75, 3.05) is 7.11 Å². The molecule has 6 nitrogen and oxygen atoms in total. The Bertz CT molecular complexity index is 1140. The van der Waals surface area contributed by atoms with Crippen LogP contribution in [0.25, 0.3) is 17.1 Å². The molecule has 30 heavy (non-hydrogen) atoms. The second kappa shape index (κ2) is 7.86. The number of rotatable bonds is 5. The molecule has 0 atom stereocenters. The molecule has 0 bridgehead atoms. The molecule has 0 radical (unpaired) electrons. The molecule has 9 heteroatoms. The van der Waals surface area contributed by atoms with Gasteiger partial charge in [0.05, 0.1) is 18.4 Å². The summed E-state index contributed by atoms with van der Waals surface area (Å²) >= 11 is 0. The number of hydrogen-bond donors (Lipinski definition) is 0. The van der Waals surface area contributed by atoms with E-state index >= 15 is 0 Å². The Hall–Kier alpha value is -3.88. The zero-order valence-corrected chi connectivity index (χ0v) is 15.7. The topological polar surface area (TPSA) is 62.1 Å². The Morgan fingerprint density at radius 2 is 1.60 bits per heavy atom. The van der Waals surface area contributed by atoms with E-state index < -0.39 is 11.7 Å². The second-order valence-electron chi connectivity index (χ2n) is 6.20. The number of nitrogens with zero attached hydrogens (tertiary/aromatic N) is 4. The maximum atomic E-state index is 13.0. The normalized spacial score (nSPS) is 11.3. The van der Waals surface area contributed by atoms with Gasteiger partial charge < -0.3 is 9.47 Å². The van der Waals surface area contributed by atoms with Crippen molar-refractivity contribution in [2.24, 2.45) is 0 Å². The monoisotopic (exact) mass is 412 g/mol. The first-order valence-corrected chi connectivity index (χ1v) is 8.81. The van der Waals surface area contributed by atoms with Gasteiger partial charge in [0, 0.05) is 18.0 Å². The van der Waals surface area contributed by atoms with E-state index in [0.29, 0.717) is 22.8 Å². The third kappa shape index (κ3) is 3.95. The lowest BCUT2D eigenvalue weighted by atomic mass is 10.2. The number of halogens is 3. The van der Waals surface area contributed by atoms with Crippen LogP contribution in [0.4, 0.5) is 13.2 Å². The summed E-state index contributed by atoms with van der Waals surface area (Å²) < 4.78 is 51.6. The van der Waals surface area contributed by atoms with Crippen molar-refractivity contribution in [3.8, 4) is 34.6 Å². The average molecular weight is 412 g/mol. The van der Waals surface area contributed by atoms with Crippen LogP contribution in [0.5, 0.6) is 17.5 Å². The molecule has 2 aromatic heterocycles. The molecular formula is C21H15F3N4O2. The number of alkyl halides is 3. The molecule has 0 saturated heterocycles. The molecule has 0 amide bonds. The molecule has 0 spiro atoms. The Morgan fingerprint density at radius 3 is 2.27 bits per heavy atom. The quantitative estimate of drug-likeness (QED) is 0.454. The number of methoxy groups -OCH3 is 1. The van der Waals surface area contributed by atoms with Crippen molar-refractivity contribution in [2.45, 2.75) is 6.18 Å². The zero-order chi connectivity index (χ0) is 21.1. The van der Waals surface area contributed by atoms with Crippen LogP contribution in [0.15, 0.2) is 73.1 Å². The van der Waals surface area contributed by atoms with Gasteiger partial charge in [0.1, 0.15) is 11.5 Å². The fourth-order valence-electron chi connectivity index (χ4n) is 2.83. The van der Waals surface area contributed by atoms with Crippen molar-refractivity contribution in [1.82, 2.24) is 19.7 Å². The lowest BCUT2D eigenvalue weighted by molar-refractivity contribution is -0.137. The number of pyridine rings is 1. The lowest BCUT2D eigenvalue weighted by Gasteiger charge is -2.12. The van der Waals surface area contributed by atoms with Gasteiger partial charge in [-0.25, -0.2) is 4.57 Å². The molecule has 152 valence electrons. The third-order valence-corrected chi connectivity index (χ3v) is 4.27. The van der Waals surface area contributed by atoms with E-state index in [-0.39, 0.29) is 11.8 Å². The van der Waals surface area contributed by atoms with Gasteiger partial charge >= 0.3 is 12.2 Å². The van der Waals surface area contributed by atoms with Gasteiger partial charge in [0.25, 0.3) is 0 Å². The fraction of sp³-hybridized carbons (Fsp3) is 0.0952. The Kier molecular flexibility index (Phi) is 5.09. The van der Waals surface area contributed by atoms with E-state index in [2.05, 4.69) is 15.2 Å². The van der Waals surface area contributed by atoms with Gasteiger partial charge in [0.15, 0.2) is 5.82 Å². The van der Waals surface area contributed by atoms with Gasteiger partial charge in [-0.2, -0.15) is 13.2 Å². The van der Waals surface area contributed by atoms with E-state index in [4.69, 9.17) is 9.47 Å². The van der Waals surface area contributed by atoms with Crippen molar-refractivity contribution >= 4 is 0 Å². The molecule has 2 aromatic carbocycles. The largest absolute Gasteiger partial charge is 0.497 e. The van der Waals surface area contributed by atoms with E-state index in [1.165, 1.54) is 12.1 Å². The second-order valence-corrected chi connectivity index (χ2v) is 6.20. The predicted octanol–water partition coefficient (Wildman–Crippen LogP) is 5.15. The van der Waals surface area contributed by atoms with Crippen molar-refractivity contribution in [1.29, 1.82) is 0 Å². The number of ether oxygens (including phenoxy) is 2. The molecule has 0 N–H and O–H groups in total. The molecule has 4 rings (SSSR count). The van der Waals surface area contributed by atoms with Crippen molar-refractivity contribution in [3.05, 3.63) is 78.6 Å². The summed E-state index contributed by atoms with van der Waals surface area (Å²) in [5, 5.41) is 8.24.